The van der Waals surface area contributed by atoms with E-state index in [1.807, 2.05) is 7.05 Å². The van der Waals surface area contributed by atoms with Crippen LogP contribution in [0.15, 0.2) is 35.7 Å². The summed E-state index contributed by atoms with van der Waals surface area (Å²) >= 11 is 1.73. The minimum Gasteiger partial charge on any atom is -0.383 e. The minimum atomic E-state index is 0.712. The molecule has 0 fully saturated rings. The Morgan fingerprint density at radius 3 is 2.57 bits per heavy atom. The number of anilines is 1. The number of nitrogens with two attached hydrogens (primary N) is 1. The standard InChI is InChI=1S/C17H19N3S/c1-4-12-9-10-21-16(12)15-14(17(18)20(3)19-15)13-7-5-11(2)6-8-13/h5-10H,4,18H2,1-3H3. The lowest BCUT2D eigenvalue weighted by Gasteiger charge is -2.05. The van der Waals surface area contributed by atoms with E-state index in [1.165, 1.54) is 16.0 Å². The summed E-state index contributed by atoms with van der Waals surface area (Å²) in [4.78, 5) is 1.22. The van der Waals surface area contributed by atoms with Crippen LogP contribution in [0.4, 0.5) is 5.82 Å². The molecule has 2 aromatic heterocycles. The Hall–Kier alpha value is -2.07. The van der Waals surface area contributed by atoms with E-state index in [0.717, 1.165) is 23.2 Å². The first-order valence-corrected chi connectivity index (χ1v) is 7.96. The molecule has 0 aliphatic rings. The van der Waals surface area contributed by atoms with Crippen molar-refractivity contribution in [3.05, 3.63) is 46.8 Å². The largest absolute Gasteiger partial charge is 0.383 e. The van der Waals surface area contributed by atoms with E-state index in [1.54, 1.807) is 16.0 Å². The van der Waals surface area contributed by atoms with Crippen LogP contribution in [0.3, 0.4) is 0 Å². The zero-order chi connectivity index (χ0) is 15.0. The third-order valence-electron chi connectivity index (χ3n) is 3.77. The fraction of sp³-hybridized carbons (Fsp3) is 0.235. The molecule has 2 heterocycles. The summed E-state index contributed by atoms with van der Waals surface area (Å²) in [6.07, 6.45) is 1.00. The van der Waals surface area contributed by atoms with Crippen LogP contribution in [-0.4, -0.2) is 9.78 Å². The average molecular weight is 297 g/mol. The molecule has 0 aliphatic heterocycles. The van der Waals surface area contributed by atoms with Gasteiger partial charge in [-0.25, -0.2) is 0 Å². The van der Waals surface area contributed by atoms with Gasteiger partial charge in [0.2, 0.25) is 0 Å². The van der Waals surface area contributed by atoms with E-state index in [9.17, 15) is 0 Å². The molecule has 0 aliphatic carbocycles. The van der Waals surface area contributed by atoms with Gasteiger partial charge in [0.25, 0.3) is 0 Å². The van der Waals surface area contributed by atoms with Gasteiger partial charge in [0.15, 0.2) is 0 Å². The van der Waals surface area contributed by atoms with Crippen LogP contribution in [0.2, 0.25) is 0 Å². The molecule has 2 N–H and O–H groups in total. The molecule has 0 unspecified atom stereocenters. The third-order valence-corrected chi connectivity index (χ3v) is 4.74. The van der Waals surface area contributed by atoms with Crippen molar-refractivity contribution in [2.24, 2.45) is 7.05 Å². The van der Waals surface area contributed by atoms with Gasteiger partial charge in [-0.2, -0.15) is 5.10 Å². The highest BCUT2D eigenvalue weighted by Crippen LogP contribution is 2.39. The Kier molecular flexibility index (Phi) is 3.55. The number of nitrogens with zero attached hydrogens (tertiary/aromatic N) is 2. The van der Waals surface area contributed by atoms with Crippen LogP contribution >= 0.6 is 11.3 Å². The van der Waals surface area contributed by atoms with Crippen molar-refractivity contribution in [3.8, 4) is 21.7 Å². The number of nitrogen functional groups attached to an aromatic ring is 1. The lowest BCUT2D eigenvalue weighted by Crippen LogP contribution is -1.97. The van der Waals surface area contributed by atoms with Gasteiger partial charge in [0, 0.05) is 7.05 Å². The molecular formula is C17H19N3S. The van der Waals surface area contributed by atoms with E-state index < -0.39 is 0 Å². The lowest BCUT2D eigenvalue weighted by molar-refractivity contribution is 0.782. The van der Waals surface area contributed by atoms with E-state index in [0.29, 0.717) is 5.82 Å². The van der Waals surface area contributed by atoms with Gasteiger partial charge in [-0.05, 0) is 35.9 Å². The molecule has 3 aromatic rings. The predicted octanol–water partition coefficient (Wildman–Crippen LogP) is 4.27. The minimum absolute atomic E-state index is 0.712. The Morgan fingerprint density at radius 2 is 1.90 bits per heavy atom. The Morgan fingerprint density at radius 1 is 1.19 bits per heavy atom. The number of benzene rings is 1. The fourth-order valence-corrected chi connectivity index (χ4v) is 3.51. The second-order valence-electron chi connectivity index (χ2n) is 5.23. The number of hydrogen-bond acceptors (Lipinski definition) is 3. The fourth-order valence-electron chi connectivity index (χ4n) is 2.52. The van der Waals surface area contributed by atoms with Crippen molar-refractivity contribution < 1.29 is 0 Å². The van der Waals surface area contributed by atoms with Crippen molar-refractivity contribution in [1.29, 1.82) is 0 Å². The van der Waals surface area contributed by atoms with Crippen LogP contribution in [-0.2, 0) is 13.5 Å². The molecule has 0 atom stereocenters. The predicted molar refractivity (Wildman–Crippen MR) is 90.5 cm³/mol. The van der Waals surface area contributed by atoms with Gasteiger partial charge < -0.3 is 5.73 Å². The number of rotatable bonds is 3. The second-order valence-corrected chi connectivity index (χ2v) is 6.14. The van der Waals surface area contributed by atoms with E-state index in [-0.39, 0.29) is 0 Å². The lowest BCUT2D eigenvalue weighted by atomic mass is 10.0. The maximum absolute atomic E-state index is 6.28. The van der Waals surface area contributed by atoms with Gasteiger partial charge in [0.1, 0.15) is 11.5 Å². The molecule has 4 heteroatoms. The van der Waals surface area contributed by atoms with Crippen molar-refractivity contribution >= 4 is 17.2 Å². The summed E-state index contributed by atoms with van der Waals surface area (Å²) in [6, 6.07) is 10.6. The first-order chi connectivity index (χ1) is 10.1. The molecule has 0 amide bonds. The van der Waals surface area contributed by atoms with Crippen LogP contribution in [0, 0.1) is 6.92 Å². The summed E-state index contributed by atoms with van der Waals surface area (Å²) in [5, 5.41) is 6.79. The van der Waals surface area contributed by atoms with Gasteiger partial charge in [0.05, 0.1) is 10.4 Å². The molecule has 108 valence electrons. The molecule has 21 heavy (non-hydrogen) atoms. The van der Waals surface area contributed by atoms with Crippen molar-refractivity contribution in [1.82, 2.24) is 9.78 Å². The SMILES string of the molecule is CCc1ccsc1-c1nn(C)c(N)c1-c1ccc(C)cc1. The topological polar surface area (TPSA) is 43.8 Å². The van der Waals surface area contributed by atoms with Gasteiger partial charge in [-0.15, -0.1) is 11.3 Å². The molecule has 1 aromatic carbocycles. The molecule has 0 saturated carbocycles. The van der Waals surface area contributed by atoms with Crippen molar-refractivity contribution in [2.75, 3.05) is 5.73 Å². The smallest absolute Gasteiger partial charge is 0.129 e. The molecule has 3 nitrogen and oxygen atoms in total. The van der Waals surface area contributed by atoms with Crippen LogP contribution in [0.1, 0.15) is 18.1 Å². The second kappa shape index (κ2) is 5.37. The van der Waals surface area contributed by atoms with Crippen LogP contribution in [0.5, 0.6) is 0 Å². The molecular weight excluding hydrogens is 278 g/mol. The molecule has 0 bridgehead atoms. The van der Waals surface area contributed by atoms with E-state index in [4.69, 9.17) is 5.73 Å². The summed E-state index contributed by atoms with van der Waals surface area (Å²) in [6.45, 7) is 4.26. The first kappa shape index (κ1) is 13.9. The number of thiophene rings is 1. The van der Waals surface area contributed by atoms with Crippen LogP contribution < -0.4 is 5.73 Å². The van der Waals surface area contributed by atoms with Gasteiger partial charge >= 0.3 is 0 Å². The zero-order valence-corrected chi connectivity index (χ0v) is 13.4. The highest BCUT2D eigenvalue weighted by molar-refractivity contribution is 7.13. The molecule has 0 saturated heterocycles. The molecule has 0 radical (unpaired) electrons. The van der Waals surface area contributed by atoms with Crippen LogP contribution in [0.25, 0.3) is 21.7 Å². The highest BCUT2D eigenvalue weighted by Gasteiger charge is 2.20. The molecule has 0 spiro atoms. The van der Waals surface area contributed by atoms with E-state index in [2.05, 4.69) is 54.7 Å². The third kappa shape index (κ3) is 2.36. The number of hydrogen-bond donors (Lipinski definition) is 1. The maximum Gasteiger partial charge on any atom is 0.129 e. The maximum atomic E-state index is 6.28. The van der Waals surface area contributed by atoms with Crippen molar-refractivity contribution in [2.45, 2.75) is 20.3 Å². The Bertz CT molecular complexity index is 766. The number of aryl methyl sites for hydroxylation is 3. The van der Waals surface area contributed by atoms with Gasteiger partial charge in [-0.1, -0.05) is 36.8 Å². The summed E-state index contributed by atoms with van der Waals surface area (Å²) in [5.41, 5.74) is 12.0. The molecule has 3 rings (SSSR count). The van der Waals surface area contributed by atoms with Gasteiger partial charge in [-0.3, -0.25) is 4.68 Å². The quantitative estimate of drug-likeness (QED) is 0.784. The zero-order valence-electron chi connectivity index (χ0n) is 12.6. The highest BCUT2D eigenvalue weighted by atomic mass is 32.1. The van der Waals surface area contributed by atoms with E-state index >= 15 is 0 Å². The monoisotopic (exact) mass is 297 g/mol. The average Bonchev–Trinajstić information content (AvgIpc) is 3.06. The van der Waals surface area contributed by atoms with Crippen molar-refractivity contribution in [3.63, 3.8) is 0 Å². The Labute approximate surface area is 129 Å². The number of aromatic nitrogens is 2. The Balaban J connectivity index is 2.23. The summed E-state index contributed by atoms with van der Waals surface area (Å²) < 4.78 is 1.77. The normalized spacial score (nSPS) is 11.0. The summed E-state index contributed by atoms with van der Waals surface area (Å²) in [7, 11) is 1.90. The first-order valence-electron chi connectivity index (χ1n) is 7.08. The summed E-state index contributed by atoms with van der Waals surface area (Å²) in [5.74, 6) is 0.712.